The normalized spacial score (nSPS) is 10.7. The van der Waals surface area contributed by atoms with E-state index in [1.807, 2.05) is 30.3 Å². The molecule has 0 aliphatic rings. The van der Waals surface area contributed by atoms with Crippen LogP contribution in [0, 0.1) is 0 Å². The molecule has 90 valence electrons. The summed E-state index contributed by atoms with van der Waals surface area (Å²) < 4.78 is 0. The Morgan fingerprint density at radius 3 is 2.39 bits per heavy atom. The predicted molar refractivity (Wildman–Crippen MR) is 75.1 cm³/mol. The van der Waals surface area contributed by atoms with Crippen LogP contribution in [0.4, 0.5) is 11.4 Å². The van der Waals surface area contributed by atoms with Crippen LogP contribution in [0.15, 0.2) is 54.6 Å². The number of nitrogens with two attached hydrogens (primary N) is 2. The zero-order valence-corrected chi connectivity index (χ0v) is 9.84. The topological polar surface area (TPSA) is 69.1 Å². The zero-order chi connectivity index (χ0) is 13.0. The number of carbonyl (C=O) groups is 1. The lowest BCUT2D eigenvalue weighted by Gasteiger charge is -2.04. The summed E-state index contributed by atoms with van der Waals surface area (Å²) in [4.78, 5) is 12.0. The Hall–Kier alpha value is -2.55. The van der Waals surface area contributed by atoms with E-state index in [2.05, 4.69) is 0 Å². The highest BCUT2D eigenvalue weighted by atomic mass is 16.1. The van der Waals surface area contributed by atoms with E-state index in [1.54, 1.807) is 24.3 Å². The molecule has 0 atom stereocenters. The van der Waals surface area contributed by atoms with E-state index in [-0.39, 0.29) is 5.78 Å². The van der Waals surface area contributed by atoms with Gasteiger partial charge in [-0.1, -0.05) is 42.5 Å². The Bertz CT molecular complexity index is 589. The summed E-state index contributed by atoms with van der Waals surface area (Å²) in [6.45, 7) is 0. The number of nitrogen functional groups attached to an aromatic ring is 2. The molecule has 3 nitrogen and oxygen atoms in total. The molecule has 0 aromatic heterocycles. The van der Waals surface area contributed by atoms with Gasteiger partial charge in [0.25, 0.3) is 0 Å². The lowest BCUT2D eigenvalue weighted by molar-refractivity contribution is 0.104. The smallest absolute Gasteiger partial charge is 0.188 e. The first kappa shape index (κ1) is 11.9. The monoisotopic (exact) mass is 238 g/mol. The van der Waals surface area contributed by atoms with Crippen molar-refractivity contribution in [3.63, 3.8) is 0 Å². The highest BCUT2D eigenvalue weighted by molar-refractivity contribution is 6.11. The van der Waals surface area contributed by atoms with Crippen molar-refractivity contribution in [3.05, 3.63) is 65.7 Å². The van der Waals surface area contributed by atoms with Gasteiger partial charge in [0.15, 0.2) is 5.78 Å². The number of anilines is 2. The van der Waals surface area contributed by atoms with Crippen LogP contribution in [0.1, 0.15) is 15.9 Å². The molecule has 0 bridgehead atoms. The number of hydrogen-bond donors (Lipinski definition) is 2. The van der Waals surface area contributed by atoms with E-state index in [4.69, 9.17) is 11.5 Å². The van der Waals surface area contributed by atoms with Crippen molar-refractivity contribution >= 4 is 23.2 Å². The Morgan fingerprint density at radius 1 is 0.944 bits per heavy atom. The van der Waals surface area contributed by atoms with Crippen LogP contribution in [-0.2, 0) is 0 Å². The third kappa shape index (κ3) is 2.58. The summed E-state index contributed by atoms with van der Waals surface area (Å²) in [6, 6.07) is 14.7. The molecule has 0 spiro atoms. The summed E-state index contributed by atoms with van der Waals surface area (Å²) in [5, 5.41) is 0. The molecule has 4 N–H and O–H groups in total. The number of hydrogen-bond acceptors (Lipinski definition) is 3. The van der Waals surface area contributed by atoms with Crippen LogP contribution < -0.4 is 11.5 Å². The summed E-state index contributed by atoms with van der Waals surface area (Å²) in [5.41, 5.74) is 13.6. The van der Waals surface area contributed by atoms with Crippen LogP contribution in [0.5, 0.6) is 0 Å². The van der Waals surface area contributed by atoms with Gasteiger partial charge in [0.1, 0.15) is 0 Å². The highest BCUT2D eigenvalue weighted by Gasteiger charge is 2.07. The molecule has 0 heterocycles. The number of para-hydroxylation sites is 1. The third-order valence-electron chi connectivity index (χ3n) is 2.63. The lowest BCUT2D eigenvalue weighted by Crippen LogP contribution is -2.03. The van der Waals surface area contributed by atoms with Crippen LogP contribution >= 0.6 is 0 Å². The van der Waals surface area contributed by atoms with Gasteiger partial charge in [0, 0.05) is 5.56 Å². The summed E-state index contributed by atoms with van der Waals surface area (Å²) in [7, 11) is 0. The molecule has 3 heteroatoms. The maximum atomic E-state index is 12.0. The molecule has 0 aliphatic heterocycles. The molecule has 2 aromatic rings. The van der Waals surface area contributed by atoms with E-state index in [9.17, 15) is 4.79 Å². The van der Waals surface area contributed by atoms with Crippen molar-refractivity contribution in [3.8, 4) is 0 Å². The first-order valence-corrected chi connectivity index (χ1v) is 5.60. The van der Waals surface area contributed by atoms with Gasteiger partial charge in [-0.05, 0) is 23.8 Å². The second-order valence-electron chi connectivity index (χ2n) is 3.92. The number of ketones is 1. The largest absolute Gasteiger partial charge is 0.397 e. The van der Waals surface area contributed by atoms with E-state index in [1.165, 1.54) is 6.08 Å². The molecule has 0 fully saturated rings. The van der Waals surface area contributed by atoms with Crippen molar-refractivity contribution in [1.82, 2.24) is 0 Å². The molecular weight excluding hydrogens is 224 g/mol. The molecular formula is C15H14N2O. The molecule has 0 radical (unpaired) electrons. The van der Waals surface area contributed by atoms with Gasteiger partial charge in [-0.15, -0.1) is 0 Å². The van der Waals surface area contributed by atoms with E-state index >= 15 is 0 Å². The number of rotatable bonds is 3. The molecule has 0 saturated heterocycles. The number of benzene rings is 2. The first-order chi connectivity index (χ1) is 8.68. The molecule has 2 aromatic carbocycles. The molecule has 18 heavy (non-hydrogen) atoms. The maximum absolute atomic E-state index is 12.0. The average Bonchev–Trinajstić information content (AvgIpc) is 2.40. The second kappa shape index (κ2) is 5.19. The zero-order valence-electron chi connectivity index (χ0n) is 9.84. The SMILES string of the molecule is Nc1cccc(C(=O)C=Cc2ccccc2)c1N. The van der Waals surface area contributed by atoms with Crippen molar-refractivity contribution in [2.45, 2.75) is 0 Å². The fourth-order valence-electron chi connectivity index (χ4n) is 1.62. The molecule has 0 aliphatic carbocycles. The summed E-state index contributed by atoms with van der Waals surface area (Å²) >= 11 is 0. The van der Waals surface area contributed by atoms with E-state index < -0.39 is 0 Å². The van der Waals surface area contributed by atoms with Crippen LogP contribution in [0.2, 0.25) is 0 Å². The summed E-state index contributed by atoms with van der Waals surface area (Å²) in [6.07, 6.45) is 3.26. The Kier molecular flexibility index (Phi) is 3.44. The first-order valence-electron chi connectivity index (χ1n) is 5.60. The minimum Gasteiger partial charge on any atom is -0.397 e. The Balaban J connectivity index is 2.23. The van der Waals surface area contributed by atoms with Gasteiger partial charge in [-0.2, -0.15) is 0 Å². The van der Waals surface area contributed by atoms with E-state index in [0.29, 0.717) is 16.9 Å². The van der Waals surface area contributed by atoms with Crippen LogP contribution in [0.25, 0.3) is 6.08 Å². The molecule has 0 saturated carbocycles. The quantitative estimate of drug-likeness (QED) is 0.490. The summed E-state index contributed by atoms with van der Waals surface area (Å²) in [5.74, 6) is -0.149. The minimum atomic E-state index is -0.149. The van der Waals surface area contributed by atoms with Gasteiger partial charge < -0.3 is 11.5 Å². The van der Waals surface area contributed by atoms with Gasteiger partial charge in [-0.25, -0.2) is 0 Å². The number of allylic oxidation sites excluding steroid dienone is 1. The fraction of sp³-hybridized carbons (Fsp3) is 0. The van der Waals surface area contributed by atoms with Crippen molar-refractivity contribution in [2.75, 3.05) is 11.5 Å². The lowest BCUT2D eigenvalue weighted by atomic mass is 10.1. The van der Waals surface area contributed by atoms with Gasteiger partial charge in [0.2, 0.25) is 0 Å². The molecule has 0 amide bonds. The van der Waals surface area contributed by atoms with Crippen LogP contribution in [-0.4, -0.2) is 5.78 Å². The van der Waals surface area contributed by atoms with Crippen molar-refractivity contribution in [1.29, 1.82) is 0 Å². The molecule has 2 rings (SSSR count). The number of carbonyl (C=O) groups excluding carboxylic acids is 1. The van der Waals surface area contributed by atoms with Gasteiger partial charge in [-0.3, -0.25) is 4.79 Å². The van der Waals surface area contributed by atoms with E-state index in [0.717, 1.165) is 5.56 Å². The minimum absolute atomic E-state index is 0.149. The Morgan fingerprint density at radius 2 is 1.67 bits per heavy atom. The predicted octanol–water partition coefficient (Wildman–Crippen LogP) is 2.75. The Labute approximate surface area is 106 Å². The second-order valence-corrected chi connectivity index (χ2v) is 3.92. The van der Waals surface area contributed by atoms with Crippen LogP contribution in [0.3, 0.4) is 0 Å². The van der Waals surface area contributed by atoms with Gasteiger partial charge in [0.05, 0.1) is 11.4 Å². The van der Waals surface area contributed by atoms with Crippen molar-refractivity contribution in [2.24, 2.45) is 0 Å². The van der Waals surface area contributed by atoms with Gasteiger partial charge >= 0.3 is 0 Å². The van der Waals surface area contributed by atoms with Crippen molar-refractivity contribution < 1.29 is 4.79 Å². The third-order valence-corrected chi connectivity index (χ3v) is 2.63. The average molecular weight is 238 g/mol. The maximum Gasteiger partial charge on any atom is 0.188 e. The fourth-order valence-corrected chi connectivity index (χ4v) is 1.62. The molecule has 0 unspecified atom stereocenters. The standard InChI is InChI=1S/C15H14N2O/c16-13-8-4-7-12(15(13)17)14(18)10-9-11-5-2-1-3-6-11/h1-10H,16-17H2. The highest BCUT2D eigenvalue weighted by Crippen LogP contribution is 2.20.